The Hall–Kier alpha value is -3.44. The van der Waals surface area contributed by atoms with Crippen LogP contribution in [-0.2, 0) is 29.0 Å². The number of hydrogen-bond acceptors (Lipinski definition) is 3. The normalized spacial score (nSPS) is 11.5. The van der Waals surface area contributed by atoms with E-state index in [1.807, 2.05) is 91.0 Å². The van der Waals surface area contributed by atoms with Gasteiger partial charge in [0, 0.05) is 26.1 Å². The van der Waals surface area contributed by atoms with Gasteiger partial charge in [0.15, 0.2) is 0 Å². The van der Waals surface area contributed by atoms with E-state index in [0.29, 0.717) is 25.9 Å². The van der Waals surface area contributed by atoms with Gasteiger partial charge in [-0.1, -0.05) is 91.0 Å². The minimum atomic E-state index is -0.660. The Labute approximate surface area is 189 Å². The highest BCUT2D eigenvalue weighted by molar-refractivity contribution is 5.88. The average Bonchev–Trinajstić information content (AvgIpc) is 2.83. The maximum absolute atomic E-state index is 13.5. The summed E-state index contributed by atoms with van der Waals surface area (Å²) in [5.74, 6) is -0.307. The third kappa shape index (κ3) is 7.06. The number of aliphatic hydroxyl groups excluding tert-OH is 1. The van der Waals surface area contributed by atoms with Crippen LogP contribution in [0.3, 0.4) is 0 Å². The molecule has 0 saturated heterocycles. The predicted molar refractivity (Wildman–Crippen MR) is 126 cm³/mol. The van der Waals surface area contributed by atoms with Crippen LogP contribution in [0.15, 0.2) is 91.0 Å². The van der Waals surface area contributed by atoms with Gasteiger partial charge in [0.05, 0.1) is 6.42 Å². The summed E-state index contributed by atoms with van der Waals surface area (Å²) < 4.78 is 0. The maximum Gasteiger partial charge on any atom is 0.243 e. The third-order valence-corrected chi connectivity index (χ3v) is 5.30. The first-order valence-electron chi connectivity index (χ1n) is 11.0. The zero-order valence-electron chi connectivity index (χ0n) is 18.2. The number of amides is 2. The molecule has 3 aromatic carbocycles. The molecular weight excluding hydrogens is 400 g/mol. The lowest BCUT2D eigenvalue weighted by Crippen LogP contribution is -2.51. The number of carbonyl (C=O) groups excluding carboxylic acids is 2. The van der Waals surface area contributed by atoms with E-state index >= 15 is 0 Å². The summed E-state index contributed by atoms with van der Waals surface area (Å²) in [4.78, 5) is 28.4. The minimum Gasteiger partial charge on any atom is -0.396 e. The highest BCUT2D eigenvalue weighted by Crippen LogP contribution is 2.16. The van der Waals surface area contributed by atoms with Crippen LogP contribution in [-0.4, -0.2) is 41.0 Å². The Balaban J connectivity index is 1.90. The molecule has 0 unspecified atom stereocenters. The van der Waals surface area contributed by atoms with E-state index in [1.165, 1.54) is 0 Å². The van der Waals surface area contributed by atoms with Gasteiger partial charge in [-0.25, -0.2) is 0 Å². The molecule has 5 heteroatoms. The van der Waals surface area contributed by atoms with Crippen LogP contribution < -0.4 is 5.32 Å². The van der Waals surface area contributed by atoms with Gasteiger partial charge in [0.25, 0.3) is 0 Å². The molecule has 1 atom stereocenters. The summed E-state index contributed by atoms with van der Waals surface area (Å²) in [5.41, 5.74) is 2.87. The van der Waals surface area contributed by atoms with Crippen molar-refractivity contribution >= 4 is 11.8 Å². The number of aliphatic hydroxyl groups is 1. The Bertz CT molecular complexity index is 962. The largest absolute Gasteiger partial charge is 0.396 e. The number of carbonyl (C=O) groups is 2. The molecule has 0 spiro atoms. The first kappa shape index (κ1) is 23.2. The Morgan fingerprint density at radius 2 is 1.31 bits per heavy atom. The minimum absolute atomic E-state index is 0.00427. The molecule has 0 fully saturated rings. The molecule has 3 rings (SSSR count). The zero-order valence-corrected chi connectivity index (χ0v) is 18.2. The molecule has 5 nitrogen and oxygen atoms in total. The Morgan fingerprint density at radius 1 is 0.781 bits per heavy atom. The molecule has 0 aliphatic carbocycles. The molecule has 166 valence electrons. The summed E-state index contributed by atoms with van der Waals surface area (Å²) >= 11 is 0. The number of nitrogens with zero attached hydrogens (tertiary/aromatic N) is 1. The second kappa shape index (κ2) is 12.4. The highest BCUT2D eigenvalue weighted by atomic mass is 16.3. The van der Waals surface area contributed by atoms with Gasteiger partial charge in [-0.3, -0.25) is 9.59 Å². The van der Waals surface area contributed by atoms with Crippen molar-refractivity contribution < 1.29 is 14.7 Å². The van der Waals surface area contributed by atoms with E-state index in [9.17, 15) is 9.59 Å². The van der Waals surface area contributed by atoms with E-state index in [0.717, 1.165) is 16.7 Å². The summed E-state index contributed by atoms with van der Waals surface area (Å²) in [6.45, 7) is 0.717. The van der Waals surface area contributed by atoms with E-state index in [1.54, 1.807) is 4.90 Å². The predicted octanol–water partition coefficient (Wildman–Crippen LogP) is 3.37. The number of nitrogens with one attached hydrogen (secondary N) is 1. The van der Waals surface area contributed by atoms with Crippen LogP contribution in [0.5, 0.6) is 0 Å². The van der Waals surface area contributed by atoms with Gasteiger partial charge in [0.1, 0.15) is 6.04 Å². The number of benzene rings is 3. The van der Waals surface area contributed by atoms with Crippen LogP contribution in [0, 0.1) is 0 Å². The number of rotatable bonds is 11. The summed E-state index contributed by atoms with van der Waals surface area (Å²) in [6, 6.07) is 28.4. The third-order valence-electron chi connectivity index (χ3n) is 5.30. The van der Waals surface area contributed by atoms with Gasteiger partial charge >= 0.3 is 0 Å². The van der Waals surface area contributed by atoms with Crippen molar-refractivity contribution in [3.63, 3.8) is 0 Å². The van der Waals surface area contributed by atoms with Crippen LogP contribution in [0.4, 0.5) is 0 Å². The van der Waals surface area contributed by atoms with Crippen LogP contribution >= 0.6 is 0 Å². The van der Waals surface area contributed by atoms with Gasteiger partial charge < -0.3 is 15.3 Å². The molecule has 0 radical (unpaired) electrons. The van der Waals surface area contributed by atoms with Crippen molar-refractivity contribution in [1.82, 2.24) is 10.2 Å². The van der Waals surface area contributed by atoms with Crippen molar-refractivity contribution in [3.05, 3.63) is 108 Å². The molecule has 0 aliphatic rings. The van der Waals surface area contributed by atoms with Crippen LogP contribution in [0.1, 0.15) is 23.1 Å². The van der Waals surface area contributed by atoms with Gasteiger partial charge in [-0.15, -0.1) is 0 Å². The first-order chi connectivity index (χ1) is 15.7. The SMILES string of the molecule is O=C(NCCCO)[C@@H](Cc1ccccc1)N(Cc1ccccc1)C(=O)Cc1ccccc1. The molecule has 2 amide bonds. The lowest BCUT2D eigenvalue weighted by Gasteiger charge is -2.31. The van der Waals surface area contributed by atoms with Crippen molar-refractivity contribution in [3.8, 4) is 0 Å². The molecule has 0 aromatic heterocycles. The zero-order chi connectivity index (χ0) is 22.6. The topological polar surface area (TPSA) is 69.6 Å². The monoisotopic (exact) mass is 430 g/mol. The average molecular weight is 431 g/mol. The quantitative estimate of drug-likeness (QED) is 0.458. The fourth-order valence-corrected chi connectivity index (χ4v) is 3.61. The molecule has 3 aromatic rings. The van der Waals surface area contributed by atoms with E-state index in [2.05, 4.69) is 5.32 Å². The second-order valence-corrected chi connectivity index (χ2v) is 7.74. The summed E-state index contributed by atoms with van der Waals surface area (Å²) in [5, 5.41) is 12.0. The van der Waals surface area contributed by atoms with Gasteiger partial charge in [0.2, 0.25) is 11.8 Å². The molecule has 2 N–H and O–H groups in total. The van der Waals surface area contributed by atoms with Crippen molar-refractivity contribution in [2.45, 2.75) is 31.8 Å². The van der Waals surface area contributed by atoms with E-state index in [4.69, 9.17) is 5.11 Å². The molecule has 0 heterocycles. The Kier molecular flexibility index (Phi) is 9.02. The van der Waals surface area contributed by atoms with Crippen molar-refractivity contribution in [2.24, 2.45) is 0 Å². The van der Waals surface area contributed by atoms with Crippen LogP contribution in [0.25, 0.3) is 0 Å². The van der Waals surface area contributed by atoms with Crippen molar-refractivity contribution in [1.29, 1.82) is 0 Å². The standard InChI is InChI=1S/C27H30N2O3/c30-18-10-17-28-27(32)25(19-22-11-4-1-5-12-22)29(21-24-15-8-3-9-16-24)26(31)20-23-13-6-2-7-14-23/h1-9,11-16,25,30H,10,17-21H2,(H,28,32)/t25-/m1/s1. The number of hydrogen-bond donors (Lipinski definition) is 2. The fourth-order valence-electron chi connectivity index (χ4n) is 3.61. The molecule has 0 aliphatic heterocycles. The second-order valence-electron chi connectivity index (χ2n) is 7.74. The lowest BCUT2D eigenvalue weighted by molar-refractivity contribution is -0.140. The maximum atomic E-state index is 13.5. The summed E-state index contributed by atoms with van der Waals surface area (Å²) in [7, 11) is 0. The molecule has 0 bridgehead atoms. The van der Waals surface area contributed by atoms with Crippen molar-refractivity contribution in [2.75, 3.05) is 13.2 Å². The van der Waals surface area contributed by atoms with Gasteiger partial charge in [-0.2, -0.15) is 0 Å². The van der Waals surface area contributed by atoms with E-state index in [-0.39, 0.29) is 24.8 Å². The van der Waals surface area contributed by atoms with Crippen LogP contribution in [0.2, 0.25) is 0 Å². The molecule has 0 saturated carbocycles. The first-order valence-corrected chi connectivity index (χ1v) is 11.0. The molecule has 32 heavy (non-hydrogen) atoms. The lowest BCUT2D eigenvalue weighted by atomic mass is 10.0. The van der Waals surface area contributed by atoms with Gasteiger partial charge in [-0.05, 0) is 23.1 Å². The van der Waals surface area contributed by atoms with E-state index < -0.39 is 6.04 Å². The Morgan fingerprint density at radius 3 is 1.88 bits per heavy atom. The highest BCUT2D eigenvalue weighted by Gasteiger charge is 2.30. The fraction of sp³-hybridized carbons (Fsp3) is 0.259. The molecular formula is C27H30N2O3. The smallest absolute Gasteiger partial charge is 0.243 e. The summed E-state index contributed by atoms with van der Waals surface area (Å²) in [6.07, 6.45) is 1.11.